The fourth-order valence-corrected chi connectivity index (χ4v) is 1.29. The van der Waals surface area contributed by atoms with Gasteiger partial charge in [0.05, 0.1) is 12.2 Å². The highest BCUT2D eigenvalue weighted by Crippen LogP contribution is 2.40. The van der Waals surface area contributed by atoms with Gasteiger partial charge in [-0.1, -0.05) is 0 Å². The first-order valence-electron chi connectivity index (χ1n) is 3.97. The van der Waals surface area contributed by atoms with E-state index in [2.05, 4.69) is 4.98 Å². The molecule has 1 saturated carbocycles. The summed E-state index contributed by atoms with van der Waals surface area (Å²) in [6.07, 6.45) is 2.52. The first kappa shape index (κ1) is 6.85. The van der Waals surface area contributed by atoms with Gasteiger partial charge in [0, 0.05) is 5.92 Å². The Kier molecular flexibility index (Phi) is 1.46. The maximum atomic E-state index is 5.40. The Morgan fingerprint density at radius 2 is 2.36 bits per heavy atom. The van der Waals surface area contributed by atoms with Crippen LogP contribution in [0.5, 0.6) is 0 Å². The number of hydrogen-bond acceptors (Lipinski definition) is 3. The van der Waals surface area contributed by atoms with Gasteiger partial charge in [0.25, 0.3) is 0 Å². The van der Waals surface area contributed by atoms with Crippen molar-refractivity contribution in [3.05, 3.63) is 17.3 Å². The van der Waals surface area contributed by atoms with Crippen LogP contribution >= 0.6 is 0 Å². The quantitative estimate of drug-likeness (QED) is 0.695. The van der Waals surface area contributed by atoms with Gasteiger partial charge in [0.15, 0.2) is 0 Å². The zero-order valence-corrected chi connectivity index (χ0v) is 6.63. The summed E-state index contributed by atoms with van der Waals surface area (Å²) in [5.74, 6) is 2.29. The van der Waals surface area contributed by atoms with Crippen molar-refractivity contribution in [2.75, 3.05) is 0 Å². The molecule has 0 saturated heterocycles. The summed E-state index contributed by atoms with van der Waals surface area (Å²) in [7, 11) is 0. The lowest BCUT2D eigenvalue weighted by Crippen LogP contribution is -1.95. The molecule has 1 fully saturated rings. The number of nitrogens with two attached hydrogens (primary N) is 1. The van der Waals surface area contributed by atoms with E-state index in [1.807, 2.05) is 6.92 Å². The minimum absolute atomic E-state index is 0.410. The summed E-state index contributed by atoms with van der Waals surface area (Å²) in [6, 6.07) is 0. The SMILES string of the molecule is Cc1oc(CN)nc1C1CC1. The van der Waals surface area contributed by atoms with Gasteiger partial charge in [0.2, 0.25) is 5.89 Å². The zero-order chi connectivity index (χ0) is 7.84. The normalized spacial score (nSPS) is 17.3. The molecule has 0 bridgehead atoms. The molecule has 2 N–H and O–H groups in total. The maximum Gasteiger partial charge on any atom is 0.208 e. The molecule has 3 nitrogen and oxygen atoms in total. The predicted octanol–water partition coefficient (Wildman–Crippen LogP) is 1.32. The lowest BCUT2D eigenvalue weighted by atomic mass is 10.2. The number of oxazole rings is 1. The number of aryl methyl sites for hydroxylation is 1. The minimum Gasteiger partial charge on any atom is -0.444 e. The van der Waals surface area contributed by atoms with Crippen molar-refractivity contribution in [2.45, 2.75) is 32.2 Å². The standard InChI is InChI=1S/C8H12N2O/c1-5-8(6-2-3-6)10-7(4-9)11-5/h6H,2-4,9H2,1H3. The van der Waals surface area contributed by atoms with E-state index in [0.29, 0.717) is 18.4 Å². The molecule has 0 amide bonds. The third kappa shape index (κ3) is 1.16. The fraction of sp³-hybridized carbons (Fsp3) is 0.625. The molecule has 60 valence electrons. The second kappa shape index (κ2) is 2.34. The Morgan fingerprint density at radius 1 is 1.64 bits per heavy atom. The Morgan fingerprint density at radius 3 is 2.82 bits per heavy atom. The summed E-state index contributed by atoms with van der Waals surface area (Å²) in [6.45, 7) is 2.37. The number of rotatable bonds is 2. The molecule has 1 aliphatic rings. The van der Waals surface area contributed by atoms with Crippen LogP contribution in [0.25, 0.3) is 0 Å². The van der Waals surface area contributed by atoms with Gasteiger partial charge in [-0.2, -0.15) is 0 Å². The van der Waals surface area contributed by atoms with Crippen LogP contribution < -0.4 is 5.73 Å². The smallest absolute Gasteiger partial charge is 0.208 e. The number of hydrogen-bond donors (Lipinski definition) is 1. The average Bonchev–Trinajstić information content (AvgIpc) is 2.76. The molecule has 1 heterocycles. The summed E-state index contributed by atoms with van der Waals surface area (Å²) < 4.78 is 5.33. The monoisotopic (exact) mass is 152 g/mol. The van der Waals surface area contributed by atoms with Crippen LogP contribution in [-0.2, 0) is 6.54 Å². The van der Waals surface area contributed by atoms with Crippen LogP contribution in [0, 0.1) is 6.92 Å². The molecule has 11 heavy (non-hydrogen) atoms. The van der Waals surface area contributed by atoms with E-state index in [1.165, 1.54) is 12.8 Å². The van der Waals surface area contributed by atoms with Crippen molar-refractivity contribution in [1.29, 1.82) is 0 Å². The Hall–Kier alpha value is -0.830. The van der Waals surface area contributed by atoms with E-state index in [-0.39, 0.29) is 0 Å². The Bertz CT molecular complexity index is 263. The van der Waals surface area contributed by atoms with Crippen LogP contribution in [0.15, 0.2) is 4.42 Å². The van der Waals surface area contributed by atoms with Gasteiger partial charge in [-0.05, 0) is 19.8 Å². The lowest BCUT2D eigenvalue weighted by Gasteiger charge is -1.86. The van der Waals surface area contributed by atoms with Gasteiger partial charge in [0.1, 0.15) is 5.76 Å². The second-order valence-electron chi connectivity index (χ2n) is 3.03. The van der Waals surface area contributed by atoms with Gasteiger partial charge in [-0.25, -0.2) is 4.98 Å². The van der Waals surface area contributed by atoms with E-state index in [9.17, 15) is 0 Å². The van der Waals surface area contributed by atoms with Crippen molar-refractivity contribution < 1.29 is 4.42 Å². The third-order valence-electron chi connectivity index (χ3n) is 2.02. The van der Waals surface area contributed by atoms with Crippen LogP contribution in [-0.4, -0.2) is 4.98 Å². The molecule has 1 aliphatic carbocycles. The molecule has 1 aromatic heterocycles. The molecule has 1 aromatic rings. The molecule has 0 atom stereocenters. The van der Waals surface area contributed by atoms with Crippen molar-refractivity contribution in [3.8, 4) is 0 Å². The van der Waals surface area contributed by atoms with E-state index in [4.69, 9.17) is 10.2 Å². The van der Waals surface area contributed by atoms with E-state index < -0.39 is 0 Å². The highest BCUT2D eigenvalue weighted by molar-refractivity contribution is 5.18. The first-order chi connectivity index (χ1) is 5.31. The summed E-state index contributed by atoms with van der Waals surface area (Å²) in [4.78, 5) is 4.30. The molecule has 2 rings (SSSR count). The summed E-state index contributed by atoms with van der Waals surface area (Å²) in [5, 5.41) is 0. The molecular weight excluding hydrogens is 140 g/mol. The van der Waals surface area contributed by atoms with Crippen molar-refractivity contribution in [1.82, 2.24) is 4.98 Å². The molecule has 3 heteroatoms. The van der Waals surface area contributed by atoms with Crippen LogP contribution in [0.4, 0.5) is 0 Å². The maximum absolute atomic E-state index is 5.40. The number of aromatic nitrogens is 1. The van der Waals surface area contributed by atoms with Gasteiger partial charge in [-0.15, -0.1) is 0 Å². The first-order valence-corrected chi connectivity index (χ1v) is 3.97. The van der Waals surface area contributed by atoms with Crippen molar-refractivity contribution >= 4 is 0 Å². The molecule has 0 aromatic carbocycles. The largest absolute Gasteiger partial charge is 0.444 e. The van der Waals surface area contributed by atoms with Gasteiger partial charge < -0.3 is 10.2 Å². The highest BCUT2D eigenvalue weighted by atomic mass is 16.4. The van der Waals surface area contributed by atoms with E-state index in [0.717, 1.165) is 11.5 Å². The molecule has 0 aliphatic heterocycles. The highest BCUT2D eigenvalue weighted by Gasteiger charge is 2.28. The lowest BCUT2D eigenvalue weighted by molar-refractivity contribution is 0.472. The summed E-state index contributed by atoms with van der Waals surface area (Å²) >= 11 is 0. The number of nitrogens with zero attached hydrogens (tertiary/aromatic N) is 1. The van der Waals surface area contributed by atoms with Crippen LogP contribution in [0.3, 0.4) is 0 Å². The zero-order valence-electron chi connectivity index (χ0n) is 6.63. The predicted molar refractivity (Wildman–Crippen MR) is 41.1 cm³/mol. The fourth-order valence-electron chi connectivity index (χ4n) is 1.29. The molecule has 0 unspecified atom stereocenters. The van der Waals surface area contributed by atoms with E-state index in [1.54, 1.807) is 0 Å². The Labute approximate surface area is 65.6 Å². The van der Waals surface area contributed by atoms with Gasteiger partial charge in [-0.3, -0.25) is 0 Å². The summed E-state index contributed by atoms with van der Waals surface area (Å²) in [5.41, 5.74) is 6.53. The Balaban J connectivity index is 2.30. The molecular formula is C8H12N2O. The van der Waals surface area contributed by atoms with Gasteiger partial charge >= 0.3 is 0 Å². The van der Waals surface area contributed by atoms with E-state index >= 15 is 0 Å². The topological polar surface area (TPSA) is 52.0 Å². The van der Waals surface area contributed by atoms with Crippen molar-refractivity contribution in [3.63, 3.8) is 0 Å². The van der Waals surface area contributed by atoms with Crippen LogP contribution in [0.1, 0.15) is 36.1 Å². The minimum atomic E-state index is 0.410. The van der Waals surface area contributed by atoms with Crippen molar-refractivity contribution in [2.24, 2.45) is 5.73 Å². The second-order valence-corrected chi connectivity index (χ2v) is 3.03. The molecule has 0 radical (unpaired) electrons. The third-order valence-corrected chi connectivity index (χ3v) is 2.02. The van der Waals surface area contributed by atoms with Crippen LogP contribution in [0.2, 0.25) is 0 Å². The average molecular weight is 152 g/mol. The molecule has 0 spiro atoms.